The molecule has 0 aliphatic rings. The third-order valence-corrected chi connectivity index (χ3v) is 2.56. The third kappa shape index (κ3) is 2.83. The molecule has 0 aliphatic heterocycles. The van der Waals surface area contributed by atoms with Crippen LogP contribution in [-0.4, -0.2) is 33.3 Å². The van der Waals surface area contributed by atoms with Gasteiger partial charge >= 0.3 is 5.97 Å². The molecule has 0 saturated heterocycles. The number of fused-ring (bicyclic) bond motifs is 1. The van der Waals surface area contributed by atoms with Crippen LogP contribution < -0.4 is 4.74 Å². The number of aromatic nitrogens is 3. The first kappa shape index (κ1) is 13.3. The Hall–Kier alpha value is -2.11. The molecule has 102 valence electrons. The quantitative estimate of drug-likeness (QED) is 0.785. The molecule has 1 atom stereocenters. The summed E-state index contributed by atoms with van der Waals surface area (Å²) in [5.74, 6) is 0.0881. The Morgan fingerprint density at radius 3 is 2.79 bits per heavy atom. The number of hydrogen-bond acceptors (Lipinski definition) is 5. The van der Waals surface area contributed by atoms with E-state index in [2.05, 4.69) is 10.1 Å². The predicted octanol–water partition coefficient (Wildman–Crippen LogP) is 1.68. The molecule has 6 heteroatoms. The first-order valence-corrected chi connectivity index (χ1v) is 6.18. The fourth-order valence-electron chi connectivity index (χ4n) is 1.75. The molecule has 0 radical (unpaired) electrons. The second-order valence-corrected chi connectivity index (χ2v) is 4.30. The van der Waals surface area contributed by atoms with Gasteiger partial charge in [0.1, 0.15) is 0 Å². The molecule has 6 nitrogen and oxygen atoms in total. The highest BCUT2D eigenvalue weighted by molar-refractivity contribution is 5.74. The van der Waals surface area contributed by atoms with E-state index in [0.717, 1.165) is 11.4 Å². The molecule has 0 aromatic carbocycles. The molecule has 2 heterocycles. The number of hydrogen-bond donors (Lipinski definition) is 0. The van der Waals surface area contributed by atoms with Gasteiger partial charge in [-0.15, -0.1) is 0 Å². The Balaban J connectivity index is 2.31. The molecule has 2 aromatic rings. The largest absolute Gasteiger partial charge is 0.463 e. The molecule has 0 fully saturated rings. The van der Waals surface area contributed by atoms with Gasteiger partial charge in [-0.25, -0.2) is 9.78 Å². The second kappa shape index (κ2) is 5.26. The first-order valence-electron chi connectivity index (χ1n) is 6.18. The van der Waals surface area contributed by atoms with E-state index in [1.807, 2.05) is 19.9 Å². The summed E-state index contributed by atoms with van der Waals surface area (Å²) in [7, 11) is 0. The topological polar surface area (TPSA) is 65.7 Å². The Kier molecular flexibility index (Phi) is 3.69. The van der Waals surface area contributed by atoms with Crippen LogP contribution in [0.25, 0.3) is 5.65 Å². The van der Waals surface area contributed by atoms with Crippen LogP contribution in [-0.2, 0) is 9.53 Å². The highest BCUT2D eigenvalue weighted by Gasteiger charge is 2.18. The molecule has 19 heavy (non-hydrogen) atoms. The van der Waals surface area contributed by atoms with E-state index >= 15 is 0 Å². The van der Waals surface area contributed by atoms with Crippen LogP contribution >= 0.6 is 0 Å². The minimum Gasteiger partial charge on any atom is -0.463 e. The van der Waals surface area contributed by atoms with E-state index < -0.39 is 12.1 Å². The van der Waals surface area contributed by atoms with Crippen LogP contribution in [0.4, 0.5) is 0 Å². The van der Waals surface area contributed by atoms with E-state index in [4.69, 9.17) is 9.47 Å². The lowest BCUT2D eigenvalue weighted by Crippen LogP contribution is -2.27. The maximum absolute atomic E-state index is 11.6. The van der Waals surface area contributed by atoms with Crippen LogP contribution in [0.1, 0.15) is 25.2 Å². The number of rotatable bonds is 4. The number of aryl methyl sites for hydroxylation is 2. The molecule has 1 unspecified atom stereocenters. The van der Waals surface area contributed by atoms with Crippen molar-refractivity contribution in [1.29, 1.82) is 0 Å². The average Bonchev–Trinajstić information content (AvgIpc) is 2.69. The van der Waals surface area contributed by atoms with Crippen LogP contribution in [0.2, 0.25) is 0 Å². The summed E-state index contributed by atoms with van der Waals surface area (Å²) in [6, 6.07) is 3.60. The van der Waals surface area contributed by atoms with E-state index in [1.54, 1.807) is 24.4 Å². The minimum absolute atomic E-state index is 0.332. The lowest BCUT2D eigenvalue weighted by Gasteiger charge is -2.14. The van der Waals surface area contributed by atoms with Crippen molar-refractivity contribution in [1.82, 2.24) is 14.6 Å². The zero-order valence-electron chi connectivity index (χ0n) is 11.5. The maximum Gasteiger partial charge on any atom is 0.347 e. The van der Waals surface area contributed by atoms with Gasteiger partial charge in [-0.05, 0) is 27.7 Å². The van der Waals surface area contributed by atoms with Crippen LogP contribution in [0.15, 0.2) is 12.1 Å². The summed E-state index contributed by atoms with van der Waals surface area (Å²) in [6.45, 7) is 7.48. The standard InChI is InChI=1S/C13H17N3O3/c1-5-18-13(17)10(4)19-12-7-8(2)14-11-6-9(3)15-16(11)12/h6-7,10H,5H2,1-4H3. The van der Waals surface area contributed by atoms with Gasteiger partial charge in [0.2, 0.25) is 5.88 Å². The summed E-state index contributed by atoms with van der Waals surface area (Å²) < 4.78 is 12.1. The summed E-state index contributed by atoms with van der Waals surface area (Å²) in [6.07, 6.45) is -0.686. The molecular formula is C13H17N3O3. The van der Waals surface area contributed by atoms with Crippen LogP contribution in [0.3, 0.4) is 0 Å². The summed E-state index contributed by atoms with van der Waals surface area (Å²) >= 11 is 0. The van der Waals surface area contributed by atoms with Crippen LogP contribution in [0, 0.1) is 13.8 Å². The Morgan fingerprint density at radius 2 is 2.11 bits per heavy atom. The SMILES string of the molecule is CCOC(=O)C(C)Oc1cc(C)nc2cc(C)nn12. The van der Waals surface area contributed by atoms with E-state index in [9.17, 15) is 4.79 Å². The number of nitrogens with zero attached hydrogens (tertiary/aromatic N) is 3. The first-order chi connectivity index (χ1) is 9.01. The van der Waals surface area contributed by atoms with Crippen LogP contribution in [0.5, 0.6) is 5.88 Å². The molecular weight excluding hydrogens is 246 g/mol. The molecule has 0 bridgehead atoms. The Bertz CT molecular complexity index is 606. The summed E-state index contributed by atoms with van der Waals surface area (Å²) in [4.78, 5) is 15.9. The van der Waals surface area contributed by atoms with Gasteiger partial charge in [-0.2, -0.15) is 9.61 Å². The van der Waals surface area contributed by atoms with Crippen molar-refractivity contribution in [3.63, 3.8) is 0 Å². The van der Waals surface area contributed by atoms with E-state index in [0.29, 0.717) is 18.1 Å². The molecule has 0 spiro atoms. The monoisotopic (exact) mass is 263 g/mol. The van der Waals surface area contributed by atoms with Crippen molar-refractivity contribution in [3.8, 4) is 5.88 Å². The van der Waals surface area contributed by atoms with Gasteiger partial charge in [-0.1, -0.05) is 0 Å². The molecule has 0 saturated carbocycles. The number of ether oxygens (including phenoxy) is 2. The maximum atomic E-state index is 11.6. The van der Waals surface area contributed by atoms with Gasteiger partial charge < -0.3 is 9.47 Å². The van der Waals surface area contributed by atoms with Crippen molar-refractivity contribution in [3.05, 3.63) is 23.5 Å². The van der Waals surface area contributed by atoms with Gasteiger partial charge in [-0.3, -0.25) is 0 Å². The van der Waals surface area contributed by atoms with Gasteiger partial charge in [0, 0.05) is 17.8 Å². The zero-order chi connectivity index (χ0) is 14.0. The molecule has 0 aliphatic carbocycles. The Labute approximate surface area is 111 Å². The lowest BCUT2D eigenvalue weighted by molar-refractivity contribution is -0.150. The van der Waals surface area contributed by atoms with Crippen molar-refractivity contribution >= 4 is 11.6 Å². The molecule has 0 N–H and O–H groups in total. The fourth-order valence-corrected chi connectivity index (χ4v) is 1.75. The molecule has 2 rings (SSSR count). The fraction of sp³-hybridized carbons (Fsp3) is 0.462. The highest BCUT2D eigenvalue weighted by atomic mass is 16.6. The van der Waals surface area contributed by atoms with Gasteiger partial charge in [0.15, 0.2) is 11.8 Å². The molecule has 2 aromatic heterocycles. The normalized spacial score (nSPS) is 12.4. The number of carbonyl (C=O) groups is 1. The van der Waals surface area contributed by atoms with Gasteiger partial charge in [0.25, 0.3) is 0 Å². The third-order valence-electron chi connectivity index (χ3n) is 2.56. The van der Waals surface area contributed by atoms with Crippen molar-refractivity contribution in [2.24, 2.45) is 0 Å². The average molecular weight is 263 g/mol. The lowest BCUT2D eigenvalue weighted by atomic mass is 10.4. The van der Waals surface area contributed by atoms with Crippen molar-refractivity contribution < 1.29 is 14.3 Å². The van der Waals surface area contributed by atoms with Crippen molar-refractivity contribution in [2.45, 2.75) is 33.8 Å². The second-order valence-electron chi connectivity index (χ2n) is 4.30. The summed E-state index contributed by atoms with van der Waals surface area (Å²) in [5, 5.41) is 4.29. The van der Waals surface area contributed by atoms with E-state index in [1.165, 1.54) is 0 Å². The van der Waals surface area contributed by atoms with Gasteiger partial charge in [0.05, 0.1) is 12.3 Å². The minimum atomic E-state index is -0.686. The highest BCUT2D eigenvalue weighted by Crippen LogP contribution is 2.17. The zero-order valence-corrected chi connectivity index (χ0v) is 11.5. The van der Waals surface area contributed by atoms with E-state index in [-0.39, 0.29) is 0 Å². The molecule has 0 amide bonds. The Morgan fingerprint density at radius 1 is 1.37 bits per heavy atom. The van der Waals surface area contributed by atoms with Crippen molar-refractivity contribution in [2.75, 3.05) is 6.61 Å². The number of carbonyl (C=O) groups excluding carboxylic acids is 1. The summed E-state index contributed by atoms with van der Waals surface area (Å²) in [5.41, 5.74) is 2.34. The predicted molar refractivity (Wildman–Crippen MR) is 69.2 cm³/mol. The number of esters is 1. The smallest absolute Gasteiger partial charge is 0.347 e.